The largest absolute Gasteiger partial charge is 0.444 e. The summed E-state index contributed by atoms with van der Waals surface area (Å²) in [4.78, 5) is 13.0. The lowest BCUT2D eigenvalue weighted by atomic mass is 9.98. The number of aliphatic hydroxyl groups is 1. The number of piperidine rings is 1. The minimum Gasteiger partial charge on any atom is -0.444 e. The van der Waals surface area contributed by atoms with E-state index in [-0.39, 0.29) is 19.1 Å². The van der Waals surface area contributed by atoms with Crippen molar-refractivity contribution in [1.29, 1.82) is 0 Å². The van der Waals surface area contributed by atoms with Crippen LogP contribution in [0.2, 0.25) is 0 Å². The lowest BCUT2D eigenvalue weighted by Crippen LogP contribution is -2.47. The molecule has 1 N–H and O–H groups in total. The van der Waals surface area contributed by atoms with Crippen LogP contribution in [0.5, 0.6) is 0 Å². The number of hydrogen-bond donors (Lipinski definition) is 1. The highest BCUT2D eigenvalue weighted by Gasteiger charge is 2.32. The average Bonchev–Trinajstić information content (AvgIpc) is 2.14. The van der Waals surface area contributed by atoms with Gasteiger partial charge in [0.15, 0.2) is 0 Å². The molecule has 94 valence electrons. The number of halogens is 1. The van der Waals surface area contributed by atoms with Crippen molar-refractivity contribution in [1.82, 2.24) is 4.90 Å². The smallest absolute Gasteiger partial charge is 0.410 e. The highest BCUT2D eigenvalue weighted by molar-refractivity contribution is 5.68. The quantitative estimate of drug-likeness (QED) is 0.748. The molecule has 0 aromatic heterocycles. The van der Waals surface area contributed by atoms with Gasteiger partial charge in [-0.05, 0) is 27.2 Å². The maximum Gasteiger partial charge on any atom is 0.410 e. The first-order valence-electron chi connectivity index (χ1n) is 5.54. The van der Waals surface area contributed by atoms with Crippen molar-refractivity contribution in [3.63, 3.8) is 0 Å². The number of amides is 1. The molecule has 16 heavy (non-hydrogen) atoms. The summed E-state index contributed by atoms with van der Waals surface area (Å²) >= 11 is 0. The van der Waals surface area contributed by atoms with E-state index in [9.17, 15) is 9.18 Å². The Morgan fingerprint density at radius 1 is 1.50 bits per heavy atom. The number of carbonyl (C=O) groups is 1. The minimum absolute atomic E-state index is 0.0609. The zero-order valence-electron chi connectivity index (χ0n) is 10.1. The number of ether oxygens (including phenoxy) is 1. The van der Waals surface area contributed by atoms with Crippen molar-refractivity contribution in [3.8, 4) is 0 Å². The number of carbonyl (C=O) groups excluding carboxylic acids is 1. The van der Waals surface area contributed by atoms with Gasteiger partial charge in [-0.25, -0.2) is 9.18 Å². The Morgan fingerprint density at radius 3 is 2.62 bits per heavy atom. The predicted molar refractivity (Wildman–Crippen MR) is 57.9 cm³/mol. The van der Waals surface area contributed by atoms with Crippen LogP contribution in [0.3, 0.4) is 0 Å². The third-order valence-corrected chi connectivity index (χ3v) is 2.40. The van der Waals surface area contributed by atoms with E-state index < -0.39 is 17.9 Å². The van der Waals surface area contributed by atoms with E-state index in [1.807, 2.05) is 0 Å². The molecule has 1 saturated heterocycles. The summed E-state index contributed by atoms with van der Waals surface area (Å²) in [6, 6.07) is 0. The zero-order chi connectivity index (χ0) is 12.3. The third-order valence-electron chi connectivity index (χ3n) is 2.40. The van der Waals surface area contributed by atoms with E-state index in [1.54, 1.807) is 20.8 Å². The van der Waals surface area contributed by atoms with Crippen molar-refractivity contribution >= 4 is 6.09 Å². The second-order valence-corrected chi connectivity index (χ2v) is 5.27. The second kappa shape index (κ2) is 4.99. The highest BCUT2D eigenvalue weighted by Crippen LogP contribution is 2.21. The van der Waals surface area contributed by atoms with Gasteiger partial charge in [-0.2, -0.15) is 0 Å². The number of rotatable bonds is 1. The van der Waals surface area contributed by atoms with E-state index in [1.165, 1.54) is 4.90 Å². The molecule has 1 rings (SSSR count). The van der Waals surface area contributed by atoms with E-state index in [4.69, 9.17) is 9.84 Å². The van der Waals surface area contributed by atoms with Gasteiger partial charge in [0.25, 0.3) is 0 Å². The molecule has 1 heterocycles. The molecule has 0 spiro atoms. The van der Waals surface area contributed by atoms with Crippen LogP contribution >= 0.6 is 0 Å². The summed E-state index contributed by atoms with van der Waals surface area (Å²) in [6.07, 6.45) is -1.26. The fourth-order valence-corrected chi connectivity index (χ4v) is 1.74. The van der Waals surface area contributed by atoms with Crippen molar-refractivity contribution in [3.05, 3.63) is 0 Å². The second-order valence-electron chi connectivity index (χ2n) is 5.27. The maximum atomic E-state index is 13.3. The highest BCUT2D eigenvalue weighted by atomic mass is 19.1. The van der Waals surface area contributed by atoms with E-state index in [2.05, 4.69) is 0 Å². The molecule has 0 saturated carbocycles. The van der Waals surface area contributed by atoms with E-state index >= 15 is 0 Å². The number of alkyl halides is 1. The fraction of sp³-hybridized carbons (Fsp3) is 0.909. The molecule has 1 aliphatic rings. The summed E-state index contributed by atoms with van der Waals surface area (Å²) in [6.45, 7) is 5.64. The third kappa shape index (κ3) is 3.96. The summed E-state index contributed by atoms with van der Waals surface area (Å²) in [7, 11) is 0. The van der Waals surface area contributed by atoms with Gasteiger partial charge in [-0.3, -0.25) is 0 Å². The van der Waals surface area contributed by atoms with Crippen molar-refractivity contribution in [2.45, 2.75) is 39.0 Å². The zero-order valence-corrected chi connectivity index (χ0v) is 10.1. The Kier molecular flexibility index (Phi) is 4.13. The molecule has 0 bridgehead atoms. The molecule has 0 radical (unpaired) electrons. The van der Waals surface area contributed by atoms with Gasteiger partial charge >= 0.3 is 6.09 Å². The van der Waals surface area contributed by atoms with Gasteiger partial charge in [-0.15, -0.1) is 0 Å². The molecular weight excluding hydrogens is 213 g/mol. The molecule has 2 unspecified atom stereocenters. The van der Waals surface area contributed by atoms with Gasteiger partial charge in [0.05, 0.1) is 6.54 Å². The summed E-state index contributed by atoms with van der Waals surface area (Å²) in [5, 5.41) is 9.00. The number of nitrogens with zero attached hydrogens (tertiary/aromatic N) is 1. The van der Waals surface area contributed by atoms with Crippen LogP contribution in [0.4, 0.5) is 9.18 Å². The maximum absolute atomic E-state index is 13.3. The topological polar surface area (TPSA) is 49.8 Å². The SMILES string of the molecule is CC(C)(C)OC(=O)N1CC(F)CC(CO)C1. The van der Waals surface area contributed by atoms with Crippen LogP contribution < -0.4 is 0 Å². The van der Waals surface area contributed by atoms with Gasteiger partial charge in [0.1, 0.15) is 11.8 Å². The first-order valence-corrected chi connectivity index (χ1v) is 5.54. The van der Waals surface area contributed by atoms with Crippen LogP contribution in [-0.2, 0) is 4.74 Å². The molecule has 0 aromatic carbocycles. The van der Waals surface area contributed by atoms with Gasteiger partial charge < -0.3 is 14.7 Å². The summed E-state index contributed by atoms with van der Waals surface area (Å²) in [5.41, 5.74) is -0.574. The van der Waals surface area contributed by atoms with Crippen LogP contribution in [-0.4, -0.2) is 47.6 Å². The van der Waals surface area contributed by atoms with E-state index in [0.29, 0.717) is 13.0 Å². The molecule has 4 nitrogen and oxygen atoms in total. The Hall–Kier alpha value is -0.840. The number of aliphatic hydroxyl groups excluding tert-OH is 1. The number of likely N-dealkylation sites (tertiary alicyclic amines) is 1. The van der Waals surface area contributed by atoms with Gasteiger partial charge in [-0.1, -0.05) is 0 Å². The Morgan fingerprint density at radius 2 is 2.12 bits per heavy atom. The monoisotopic (exact) mass is 233 g/mol. The summed E-state index contributed by atoms with van der Waals surface area (Å²) < 4.78 is 18.5. The van der Waals surface area contributed by atoms with Crippen LogP contribution in [0.15, 0.2) is 0 Å². The molecule has 0 aliphatic carbocycles. The standard InChI is InChI=1S/C11H20FNO3/c1-11(2,3)16-10(15)13-5-8(7-14)4-9(12)6-13/h8-9,14H,4-7H2,1-3H3. The van der Waals surface area contributed by atoms with Crippen LogP contribution in [0, 0.1) is 5.92 Å². The molecule has 5 heteroatoms. The molecule has 2 atom stereocenters. The molecule has 1 fully saturated rings. The predicted octanol–water partition coefficient (Wildman–Crippen LogP) is 1.57. The van der Waals surface area contributed by atoms with Crippen molar-refractivity contribution < 1.29 is 19.0 Å². The molecule has 1 amide bonds. The van der Waals surface area contributed by atoms with Gasteiger partial charge in [0.2, 0.25) is 0 Å². The minimum atomic E-state index is -1.07. The lowest BCUT2D eigenvalue weighted by molar-refractivity contribution is 0.000745. The number of hydrogen-bond acceptors (Lipinski definition) is 3. The first kappa shape index (κ1) is 13.2. The normalized spacial score (nSPS) is 26.7. The summed E-state index contributed by atoms with van der Waals surface area (Å²) in [5.74, 6) is -0.184. The Bertz CT molecular complexity index is 252. The average molecular weight is 233 g/mol. The molecular formula is C11H20FNO3. The van der Waals surface area contributed by atoms with Gasteiger partial charge in [0, 0.05) is 19.1 Å². The van der Waals surface area contributed by atoms with Crippen LogP contribution in [0.1, 0.15) is 27.2 Å². The Labute approximate surface area is 95.4 Å². The molecule has 0 aromatic rings. The fourth-order valence-electron chi connectivity index (χ4n) is 1.74. The first-order chi connectivity index (χ1) is 7.31. The molecule has 1 aliphatic heterocycles. The van der Waals surface area contributed by atoms with E-state index in [0.717, 1.165) is 0 Å². The van der Waals surface area contributed by atoms with Crippen molar-refractivity contribution in [2.24, 2.45) is 5.92 Å². The van der Waals surface area contributed by atoms with Crippen LogP contribution in [0.25, 0.3) is 0 Å². The Balaban J connectivity index is 2.55. The lowest BCUT2D eigenvalue weighted by Gasteiger charge is -2.35. The van der Waals surface area contributed by atoms with Crippen molar-refractivity contribution in [2.75, 3.05) is 19.7 Å².